The third-order valence-electron chi connectivity index (χ3n) is 1.99. The largest absolute Gasteiger partial charge is 0.398 e. The normalized spacial score (nSPS) is 15.2. The molecule has 0 bridgehead atoms. The Morgan fingerprint density at radius 2 is 2.20 bits per heavy atom. The molecule has 0 saturated carbocycles. The van der Waals surface area contributed by atoms with Gasteiger partial charge in [-0.15, -0.1) is 0 Å². The maximum Gasteiger partial charge on any atom is 0.0352 e. The quantitative estimate of drug-likeness (QED) is 0.535. The Bertz CT molecular complexity index is 253. The predicted molar refractivity (Wildman–Crippen MR) is 42.6 cm³/mol. The molecule has 0 aromatic heterocycles. The molecule has 10 heavy (non-hydrogen) atoms. The highest BCUT2D eigenvalue weighted by Crippen LogP contribution is 2.27. The van der Waals surface area contributed by atoms with Crippen molar-refractivity contribution in [3.05, 3.63) is 35.7 Å². The van der Waals surface area contributed by atoms with Crippen LogP contribution in [0.3, 0.4) is 0 Å². The van der Waals surface area contributed by atoms with Gasteiger partial charge in [0.05, 0.1) is 0 Å². The molecule has 1 aliphatic rings. The number of nitrogen functional groups attached to an aromatic ring is 1. The molecule has 1 nitrogen and oxygen atoms in total. The lowest BCUT2D eigenvalue weighted by Crippen LogP contribution is -1.90. The van der Waals surface area contributed by atoms with E-state index in [2.05, 4.69) is 12.5 Å². The third-order valence-corrected chi connectivity index (χ3v) is 1.99. The van der Waals surface area contributed by atoms with E-state index in [4.69, 9.17) is 5.73 Å². The number of aryl methyl sites for hydroxylation is 1. The minimum absolute atomic E-state index is 0.926. The zero-order valence-electron chi connectivity index (χ0n) is 5.80. The maximum absolute atomic E-state index is 5.74. The molecule has 0 saturated heterocycles. The van der Waals surface area contributed by atoms with Crippen molar-refractivity contribution < 1.29 is 0 Å². The Kier molecular flexibility index (Phi) is 1.16. The van der Waals surface area contributed by atoms with Gasteiger partial charge in [0.15, 0.2) is 0 Å². The average Bonchev–Trinajstić information content (AvgIpc) is 2.36. The van der Waals surface area contributed by atoms with Crippen molar-refractivity contribution in [2.45, 2.75) is 12.8 Å². The molecule has 1 aromatic carbocycles. The number of rotatable bonds is 0. The van der Waals surface area contributed by atoms with Crippen LogP contribution in [0.25, 0.3) is 0 Å². The highest BCUT2D eigenvalue weighted by molar-refractivity contribution is 5.56. The first-order chi connectivity index (χ1) is 4.88. The summed E-state index contributed by atoms with van der Waals surface area (Å²) in [7, 11) is 0. The first kappa shape index (κ1) is 5.78. The van der Waals surface area contributed by atoms with Gasteiger partial charge in [0, 0.05) is 5.69 Å². The second-order valence-electron chi connectivity index (χ2n) is 2.66. The van der Waals surface area contributed by atoms with Gasteiger partial charge in [-0.2, -0.15) is 0 Å². The number of nitrogens with two attached hydrogens (primary N) is 1. The third kappa shape index (κ3) is 0.703. The molecule has 0 spiro atoms. The van der Waals surface area contributed by atoms with Crippen molar-refractivity contribution >= 4 is 5.69 Å². The van der Waals surface area contributed by atoms with Gasteiger partial charge in [-0.3, -0.25) is 0 Å². The van der Waals surface area contributed by atoms with E-state index in [-0.39, 0.29) is 0 Å². The van der Waals surface area contributed by atoms with Gasteiger partial charge in [0.2, 0.25) is 0 Å². The molecule has 1 radical (unpaired) electrons. The summed E-state index contributed by atoms with van der Waals surface area (Å²) in [6.45, 7) is 0. The molecule has 2 N–H and O–H groups in total. The predicted octanol–water partition coefficient (Wildman–Crippen LogP) is 1.77. The molecule has 0 heterocycles. The lowest BCUT2D eigenvalue weighted by molar-refractivity contribution is 1.03. The van der Waals surface area contributed by atoms with E-state index in [1.54, 1.807) is 0 Å². The van der Waals surface area contributed by atoms with Gasteiger partial charge in [-0.25, -0.2) is 0 Å². The second kappa shape index (κ2) is 2.01. The van der Waals surface area contributed by atoms with Crippen molar-refractivity contribution in [1.82, 2.24) is 0 Å². The summed E-state index contributed by atoms with van der Waals surface area (Å²) in [6, 6.07) is 6.13. The zero-order valence-corrected chi connectivity index (χ0v) is 5.80. The topological polar surface area (TPSA) is 26.0 Å². The first-order valence-corrected chi connectivity index (χ1v) is 3.58. The van der Waals surface area contributed by atoms with Crippen LogP contribution in [0, 0.1) is 6.42 Å². The van der Waals surface area contributed by atoms with Crippen LogP contribution >= 0.6 is 0 Å². The van der Waals surface area contributed by atoms with E-state index in [0.29, 0.717) is 0 Å². The van der Waals surface area contributed by atoms with Crippen molar-refractivity contribution in [2.24, 2.45) is 0 Å². The van der Waals surface area contributed by atoms with Crippen LogP contribution < -0.4 is 5.73 Å². The molecule has 0 amide bonds. The minimum atomic E-state index is 0.926. The molecule has 0 aliphatic heterocycles. The molecule has 1 aliphatic carbocycles. The van der Waals surface area contributed by atoms with Gasteiger partial charge in [-0.05, 0) is 36.5 Å². The maximum atomic E-state index is 5.74. The van der Waals surface area contributed by atoms with Crippen LogP contribution in [-0.2, 0) is 6.42 Å². The van der Waals surface area contributed by atoms with Crippen LogP contribution in [0.4, 0.5) is 5.69 Å². The van der Waals surface area contributed by atoms with Crippen LogP contribution in [0.5, 0.6) is 0 Å². The molecule has 51 valence electrons. The van der Waals surface area contributed by atoms with Gasteiger partial charge in [0.1, 0.15) is 0 Å². The first-order valence-electron chi connectivity index (χ1n) is 3.58. The Hall–Kier alpha value is -0.980. The molecule has 0 atom stereocenters. The SMILES string of the molecule is Nc1cccc2c1[CH]CC2. The molecule has 0 fully saturated rings. The highest BCUT2D eigenvalue weighted by atomic mass is 14.6. The summed E-state index contributed by atoms with van der Waals surface area (Å²) in [5.74, 6) is 0. The average molecular weight is 132 g/mol. The number of anilines is 1. The second-order valence-corrected chi connectivity index (χ2v) is 2.66. The number of hydrogen-bond acceptors (Lipinski definition) is 1. The van der Waals surface area contributed by atoms with Crippen LogP contribution in [0.15, 0.2) is 18.2 Å². The summed E-state index contributed by atoms with van der Waals surface area (Å²) >= 11 is 0. The Morgan fingerprint density at radius 1 is 1.30 bits per heavy atom. The molecule has 0 unspecified atom stereocenters. The smallest absolute Gasteiger partial charge is 0.0352 e. The minimum Gasteiger partial charge on any atom is -0.398 e. The van der Waals surface area contributed by atoms with Gasteiger partial charge < -0.3 is 5.73 Å². The van der Waals surface area contributed by atoms with Gasteiger partial charge >= 0.3 is 0 Å². The summed E-state index contributed by atoms with van der Waals surface area (Å²) in [6.07, 6.45) is 4.54. The summed E-state index contributed by atoms with van der Waals surface area (Å²) in [5.41, 5.74) is 9.34. The number of hydrogen-bond donors (Lipinski definition) is 1. The van der Waals surface area contributed by atoms with Crippen LogP contribution in [0.2, 0.25) is 0 Å². The Morgan fingerprint density at radius 3 is 3.00 bits per heavy atom. The fourth-order valence-electron chi connectivity index (χ4n) is 1.47. The van der Waals surface area contributed by atoms with Crippen LogP contribution in [0.1, 0.15) is 17.5 Å². The molecule has 2 rings (SSSR count). The van der Waals surface area contributed by atoms with E-state index in [1.165, 1.54) is 17.5 Å². The molecule has 1 aromatic rings. The van der Waals surface area contributed by atoms with E-state index in [9.17, 15) is 0 Å². The van der Waals surface area contributed by atoms with Gasteiger partial charge in [-0.1, -0.05) is 12.1 Å². The van der Waals surface area contributed by atoms with E-state index in [1.807, 2.05) is 12.1 Å². The van der Waals surface area contributed by atoms with Crippen molar-refractivity contribution in [2.75, 3.05) is 5.73 Å². The van der Waals surface area contributed by atoms with E-state index in [0.717, 1.165) is 12.1 Å². The fraction of sp³-hybridized carbons (Fsp3) is 0.222. The van der Waals surface area contributed by atoms with E-state index < -0.39 is 0 Å². The lowest BCUT2D eigenvalue weighted by Gasteiger charge is -2.00. The van der Waals surface area contributed by atoms with Crippen molar-refractivity contribution in [3.8, 4) is 0 Å². The van der Waals surface area contributed by atoms with E-state index >= 15 is 0 Å². The van der Waals surface area contributed by atoms with Crippen LogP contribution in [-0.4, -0.2) is 0 Å². The highest BCUT2D eigenvalue weighted by Gasteiger charge is 2.11. The Balaban J connectivity index is 2.59. The monoisotopic (exact) mass is 132 g/mol. The summed E-state index contributed by atoms with van der Waals surface area (Å²) in [4.78, 5) is 0. The van der Waals surface area contributed by atoms with Crippen molar-refractivity contribution in [1.29, 1.82) is 0 Å². The fourth-order valence-corrected chi connectivity index (χ4v) is 1.47. The zero-order chi connectivity index (χ0) is 6.97. The molecule has 1 heteroatoms. The summed E-state index contributed by atoms with van der Waals surface area (Å²) in [5, 5.41) is 0. The molecular weight excluding hydrogens is 122 g/mol. The van der Waals surface area contributed by atoms with Crippen molar-refractivity contribution in [3.63, 3.8) is 0 Å². The molecular formula is C9H10N. The number of fused-ring (bicyclic) bond motifs is 1. The summed E-state index contributed by atoms with van der Waals surface area (Å²) < 4.78 is 0. The lowest BCUT2D eigenvalue weighted by atomic mass is 10.1. The number of benzene rings is 1. The van der Waals surface area contributed by atoms with Gasteiger partial charge in [0.25, 0.3) is 0 Å². The standard InChI is InChI=1S/C9H10N/c10-9-6-2-4-7-3-1-5-8(7)9/h2,4-6H,1,3,10H2. The Labute approximate surface area is 60.9 Å².